The van der Waals surface area contributed by atoms with Crippen LogP contribution in [0, 0.1) is 0 Å². The number of nitrogens with zero attached hydrogens (tertiary/aromatic N) is 4. The molecule has 0 spiro atoms. The summed E-state index contributed by atoms with van der Waals surface area (Å²) in [5, 5.41) is 5.06. The summed E-state index contributed by atoms with van der Waals surface area (Å²) in [5.74, 6) is -3.03. The van der Waals surface area contributed by atoms with Gasteiger partial charge in [-0.15, -0.1) is 0 Å². The van der Waals surface area contributed by atoms with E-state index < -0.39 is 5.92 Å². The zero-order valence-corrected chi connectivity index (χ0v) is 13.6. The molecule has 0 radical (unpaired) electrons. The van der Waals surface area contributed by atoms with E-state index in [1.165, 1.54) is 16.8 Å². The van der Waals surface area contributed by atoms with Gasteiger partial charge in [-0.25, -0.2) is 4.52 Å². The minimum Gasteiger partial charge on any atom is -0.296 e. The third-order valence-corrected chi connectivity index (χ3v) is 4.21. The van der Waals surface area contributed by atoms with E-state index in [2.05, 4.69) is 10.1 Å². The van der Waals surface area contributed by atoms with Crippen LogP contribution < -0.4 is 5.56 Å². The lowest BCUT2D eigenvalue weighted by atomic mass is 10.1. The van der Waals surface area contributed by atoms with Crippen molar-refractivity contribution in [3.8, 4) is 11.3 Å². The Morgan fingerprint density at radius 3 is 2.64 bits per heavy atom. The van der Waals surface area contributed by atoms with Crippen molar-refractivity contribution in [2.75, 3.05) is 0 Å². The van der Waals surface area contributed by atoms with Crippen molar-refractivity contribution in [3.63, 3.8) is 0 Å². The highest BCUT2D eigenvalue weighted by Crippen LogP contribution is 2.29. The number of aromatic nitrogens is 4. The molecule has 0 atom stereocenters. The van der Waals surface area contributed by atoms with Gasteiger partial charge in [0.2, 0.25) is 0 Å². The van der Waals surface area contributed by atoms with Gasteiger partial charge in [-0.3, -0.25) is 14.3 Å². The molecule has 4 aromatic rings. The van der Waals surface area contributed by atoms with Crippen molar-refractivity contribution in [1.82, 2.24) is 19.2 Å². The minimum absolute atomic E-state index is 0.134. The molecule has 0 aliphatic heterocycles. The maximum absolute atomic E-state index is 13.5. The molecule has 0 N–H and O–H groups in total. The molecule has 1 aromatic carbocycles. The van der Waals surface area contributed by atoms with E-state index in [-0.39, 0.29) is 11.3 Å². The number of aryl methyl sites for hydroxylation is 1. The first-order valence-corrected chi connectivity index (χ1v) is 7.68. The zero-order valence-electron chi connectivity index (χ0n) is 13.6. The molecule has 4 rings (SSSR count). The van der Waals surface area contributed by atoms with Crippen molar-refractivity contribution >= 4 is 16.6 Å². The van der Waals surface area contributed by atoms with E-state index in [0.717, 1.165) is 6.92 Å². The zero-order chi connectivity index (χ0) is 17.8. The topological polar surface area (TPSA) is 52.2 Å². The molecule has 0 aliphatic carbocycles. The second kappa shape index (κ2) is 5.20. The summed E-state index contributed by atoms with van der Waals surface area (Å²) in [5.41, 5.74) is 1.82. The molecule has 3 heterocycles. The summed E-state index contributed by atoms with van der Waals surface area (Å²) in [6.45, 7) is 0.806. The molecule has 0 amide bonds. The lowest BCUT2D eigenvalue weighted by Crippen LogP contribution is -2.19. The largest absolute Gasteiger partial charge is 0.296 e. The fourth-order valence-corrected chi connectivity index (χ4v) is 2.88. The van der Waals surface area contributed by atoms with E-state index in [0.29, 0.717) is 27.8 Å². The van der Waals surface area contributed by atoms with E-state index in [1.54, 1.807) is 41.9 Å². The Hall–Kier alpha value is -3.09. The third kappa shape index (κ3) is 2.39. The van der Waals surface area contributed by atoms with Crippen molar-refractivity contribution in [2.24, 2.45) is 7.05 Å². The van der Waals surface area contributed by atoms with Crippen LogP contribution in [-0.2, 0) is 13.0 Å². The number of halogens is 2. The summed E-state index contributed by atoms with van der Waals surface area (Å²) in [6.07, 6.45) is 1.34. The third-order valence-electron chi connectivity index (χ3n) is 4.21. The molecule has 0 fully saturated rings. The Morgan fingerprint density at radius 2 is 1.88 bits per heavy atom. The predicted molar refractivity (Wildman–Crippen MR) is 90.7 cm³/mol. The summed E-state index contributed by atoms with van der Waals surface area (Å²) in [4.78, 5) is 16.2. The molecule has 0 aliphatic rings. The normalized spacial score (nSPS) is 12.2. The number of hydrogen-bond acceptors (Lipinski definition) is 3. The SMILES string of the molecule is Cn1c(=O)c2ccccc2n2nc(-c3ccnc(C(C)(F)F)c3)cc12. The van der Waals surface area contributed by atoms with Crippen molar-refractivity contribution in [2.45, 2.75) is 12.8 Å². The number of para-hydroxylation sites is 1. The molecule has 0 unspecified atom stereocenters. The van der Waals surface area contributed by atoms with Crippen LogP contribution in [-0.4, -0.2) is 19.2 Å². The molecule has 3 aromatic heterocycles. The van der Waals surface area contributed by atoms with E-state index in [4.69, 9.17) is 0 Å². The van der Waals surface area contributed by atoms with Gasteiger partial charge in [0.25, 0.3) is 11.5 Å². The number of benzene rings is 1. The summed E-state index contributed by atoms with van der Waals surface area (Å²) in [7, 11) is 1.66. The van der Waals surface area contributed by atoms with Crippen molar-refractivity contribution in [1.29, 1.82) is 0 Å². The number of fused-ring (bicyclic) bond motifs is 3. The van der Waals surface area contributed by atoms with Crippen LogP contribution in [0.2, 0.25) is 0 Å². The number of hydrogen-bond donors (Lipinski definition) is 0. The van der Waals surface area contributed by atoms with Crippen molar-refractivity contribution < 1.29 is 8.78 Å². The quantitative estimate of drug-likeness (QED) is 0.562. The molecule has 7 heteroatoms. The van der Waals surface area contributed by atoms with Gasteiger partial charge in [-0.2, -0.15) is 13.9 Å². The Kier molecular flexibility index (Phi) is 3.21. The highest BCUT2D eigenvalue weighted by Gasteiger charge is 2.26. The Morgan fingerprint density at radius 1 is 1.12 bits per heavy atom. The highest BCUT2D eigenvalue weighted by molar-refractivity contribution is 5.81. The van der Waals surface area contributed by atoms with Crippen LogP contribution in [0.3, 0.4) is 0 Å². The van der Waals surface area contributed by atoms with Gasteiger partial charge in [0.05, 0.1) is 16.6 Å². The Bertz CT molecular complexity index is 1170. The molecule has 25 heavy (non-hydrogen) atoms. The molecule has 0 saturated heterocycles. The Balaban J connectivity index is 2.01. The van der Waals surface area contributed by atoms with E-state index in [9.17, 15) is 13.6 Å². The first-order chi connectivity index (χ1) is 11.9. The maximum Gasteiger partial charge on any atom is 0.286 e. The first-order valence-electron chi connectivity index (χ1n) is 7.68. The molecule has 0 bridgehead atoms. The van der Waals surface area contributed by atoms with Crippen LogP contribution in [0.1, 0.15) is 12.6 Å². The Labute approximate surface area is 141 Å². The first kappa shape index (κ1) is 15.4. The van der Waals surface area contributed by atoms with Crippen LogP contribution in [0.15, 0.2) is 53.5 Å². The number of pyridine rings is 1. The second-order valence-corrected chi connectivity index (χ2v) is 6.00. The van der Waals surface area contributed by atoms with Gasteiger partial charge >= 0.3 is 0 Å². The van der Waals surface area contributed by atoms with Crippen LogP contribution in [0.5, 0.6) is 0 Å². The van der Waals surface area contributed by atoms with Gasteiger partial charge in [-0.05, 0) is 24.3 Å². The lowest BCUT2D eigenvalue weighted by Gasteiger charge is -2.09. The minimum atomic E-state index is -3.03. The number of alkyl halides is 2. The van der Waals surface area contributed by atoms with Gasteiger partial charge in [-0.1, -0.05) is 12.1 Å². The van der Waals surface area contributed by atoms with E-state index >= 15 is 0 Å². The van der Waals surface area contributed by atoms with Crippen LogP contribution >= 0.6 is 0 Å². The molecular weight excluding hydrogens is 326 g/mol. The summed E-state index contributed by atoms with van der Waals surface area (Å²) < 4.78 is 30.2. The van der Waals surface area contributed by atoms with Crippen LogP contribution in [0.25, 0.3) is 27.8 Å². The van der Waals surface area contributed by atoms with Gasteiger partial charge < -0.3 is 0 Å². The van der Waals surface area contributed by atoms with Gasteiger partial charge in [0, 0.05) is 31.8 Å². The van der Waals surface area contributed by atoms with Gasteiger partial charge in [0.15, 0.2) is 0 Å². The predicted octanol–water partition coefficient (Wildman–Crippen LogP) is 3.36. The monoisotopic (exact) mass is 340 g/mol. The van der Waals surface area contributed by atoms with Crippen LogP contribution in [0.4, 0.5) is 8.78 Å². The average Bonchev–Trinajstić information content (AvgIpc) is 3.05. The lowest BCUT2D eigenvalue weighted by molar-refractivity contribution is 0.0128. The smallest absolute Gasteiger partial charge is 0.286 e. The number of rotatable bonds is 2. The van der Waals surface area contributed by atoms with E-state index in [1.807, 2.05) is 6.07 Å². The molecular formula is C18H14F2N4O. The second-order valence-electron chi connectivity index (χ2n) is 6.00. The molecule has 126 valence electrons. The summed E-state index contributed by atoms with van der Waals surface area (Å²) in [6, 6.07) is 11.8. The highest BCUT2D eigenvalue weighted by atomic mass is 19.3. The molecule has 5 nitrogen and oxygen atoms in total. The maximum atomic E-state index is 13.5. The standard InChI is InChI=1S/C18H14F2N4O/c1-18(19,20)15-9-11(7-8-21-15)13-10-16-23(2)17(25)12-5-3-4-6-14(12)24(16)22-13/h3-10H,1-2H3. The summed E-state index contributed by atoms with van der Waals surface area (Å²) >= 11 is 0. The fourth-order valence-electron chi connectivity index (χ4n) is 2.88. The molecule has 0 saturated carbocycles. The van der Waals surface area contributed by atoms with Crippen molar-refractivity contribution in [3.05, 3.63) is 64.7 Å². The van der Waals surface area contributed by atoms with Gasteiger partial charge in [0.1, 0.15) is 11.3 Å². The average molecular weight is 340 g/mol. The fraction of sp³-hybridized carbons (Fsp3) is 0.167.